The molecule has 0 bridgehead atoms. The van der Waals surface area contributed by atoms with Gasteiger partial charge in [-0.15, -0.1) is 0 Å². The van der Waals surface area contributed by atoms with Crippen molar-refractivity contribution in [2.24, 2.45) is 0 Å². The van der Waals surface area contributed by atoms with E-state index in [1.54, 1.807) is 0 Å². The third-order valence-electron chi connectivity index (χ3n) is 4.84. The molecular weight excluding hydrogens is 220 g/mol. The zero-order valence-corrected chi connectivity index (χ0v) is 13.1. The first kappa shape index (κ1) is 16.0. The third-order valence-corrected chi connectivity index (χ3v) is 4.84. The van der Waals surface area contributed by atoms with Crippen molar-refractivity contribution in [3.05, 3.63) is 0 Å². The molecule has 2 heteroatoms. The molecule has 108 valence electrons. The van der Waals surface area contributed by atoms with E-state index in [-0.39, 0.29) is 0 Å². The average molecular weight is 254 g/mol. The van der Waals surface area contributed by atoms with E-state index >= 15 is 0 Å². The molecule has 0 aromatic carbocycles. The summed E-state index contributed by atoms with van der Waals surface area (Å²) in [6.07, 6.45) is 9.46. The minimum Gasteiger partial charge on any atom is -0.312 e. The van der Waals surface area contributed by atoms with Gasteiger partial charge in [-0.25, -0.2) is 0 Å². The van der Waals surface area contributed by atoms with Crippen LogP contribution in [0.4, 0.5) is 0 Å². The SMILES string of the molecule is CCCCCC(NCC)C(C)(CC)N1CCCC1. The van der Waals surface area contributed by atoms with Gasteiger partial charge in [-0.1, -0.05) is 40.0 Å². The molecule has 0 saturated carbocycles. The lowest BCUT2D eigenvalue weighted by atomic mass is 9.84. The van der Waals surface area contributed by atoms with Crippen molar-refractivity contribution < 1.29 is 0 Å². The molecule has 0 spiro atoms. The number of likely N-dealkylation sites (N-methyl/N-ethyl adjacent to an activating group) is 1. The van der Waals surface area contributed by atoms with Gasteiger partial charge < -0.3 is 5.32 Å². The summed E-state index contributed by atoms with van der Waals surface area (Å²) >= 11 is 0. The highest BCUT2D eigenvalue weighted by atomic mass is 15.2. The van der Waals surface area contributed by atoms with Crippen LogP contribution in [0.3, 0.4) is 0 Å². The maximum atomic E-state index is 3.77. The van der Waals surface area contributed by atoms with Crippen molar-refractivity contribution in [3.8, 4) is 0 Å². The van der Waals surface area contributed by atoms with Crippen LogP contribution in [0.25, 0.3) is 0 Å². The summed E-state index contributed by atoms with van der Waals surface area (Å²) in [4.78, 5) is 2.74. The third kappa shape index (κ3) is 3.96. The normalized spacial score (nSPS) is 22.0. The van der Waals surface area contributed by atoms with Crippen LogP contribution in [0, 0.1) is 0 Å². The number of unbranched alkanes of at least 4 members (excludes halogenated alkanes) is 2. The largest absolute Gasteiger partial charge is 0.312 e. The van der Waals surface area contributed by atoms with E-state index in [1.807, 2.05) is 0 Å². The number of rotatable bonds is 9. The van der Waals surface area contributed by atoms with Gasteiger partial charge in [-0.2, -0.15) is 0 Å². The lowest BCUT2D eigenvalue weighted by Gasteiger charge is -2.45. The summed E-state index contributed by atoms with van der Waals surface area (Å²) in [5.41, 5.74) is 0.361. The van der Waals surface area contributed by atoms with Crippen LogP contribution < -0.4 is 5.32 Å². The first-order valence-corrected chi connectivity index (χ1v) is 8.17. The van der Waals surface area contributed by atoms with Gasteiger partial charge in [0.15, 0.2) is 0 Å². The van der Waals surface area contributed by atoms with Crippen LogP contribution >= 0.6 is 0 Å². The van der Waals surface area contributed by atoms with E-state index in [0.29, 0.717) is 11.6 Å². The highest BCUT2D eigenvalue weighted by Crippen LogP contribution is 2.30. The minimum atomic E-state index is 0.361. The number of hydrogen-bond donors (Lipinski definition) is 1. The van der Waals surface area contributed by atoms with Crippen molar-refractivity contribution in [3.63, 3.8) is 0 Å². The fourth-order valence-corrected chi connectivity index (χ4v) is 3.40. The Morgan fingerprint density at radius 1 is 1.11 bits per heavy atom. The van der Waals surface area contributed by atoms with Gasteiger partial charge in [-0.05, 0) is 52.2 Å². The molecule has 1 N–H and O–H groups in total. The first-order valence-electron chi connectivity index (χ1n) is 8.17. The zero-order valence-electron chi connectivity index (χ0n) is 13.1. The van der Waals surface area contributed by atoms with Crippen LogP contribution in [0.2, 0.25) is 0 Å². The molecule has 2 unspecified atom stereocenters. The van der Waals surface area contributed by atoms with Gasteiger partial charge >= 0.3 is 0 Å². The van der Waals surface area contributed by atoms with E-state index in [4.69, 9.17) is 0 Å². The summed E-state index contributed by atoms with van der Waals surface area (Å²) in [6.45, 7) is 13.1. The van der Waals surface area contributed by atoms with E-state index in [2.05, 4.69) is 37.9 Å². The lowest BCUT2D eigenvalue weighted by molar-refractivity contribution is 0.0798. The summed E-state index contributed by atoms with van der Waals surface area (Å²) < 4.78 is 0. The summed E-state index contributed by atoms with van der Waals surface area (Å²) in [7, 11) is 0. The molecule has 2 nitrogen and oxygen atoms in total. The topological polar surface area (TPSA) is 15.3 Å². The Labute approximate surface area is 115 Å². The maximum absolute atomic E-state index is 3.77. The van der Waals surface area contributed by atoms with Crippen molar-refractivity contribution in [1.82, 2.24) is 10.2 Å². The van der Waals surface area contributed by atoms with Crippen LogP contribution in [-0.4, -0.2) is 36.1 Å². The molecule has 2 atom stereocenters. The molecule has 1 aliphatic rings. The molecule has 1 heterocycles. The van der Waals surface area contributed by atoms with Gasteiger partial charge in [-0.3, -0.25) is 4.90 Å². The Kier molecular flexibility index (Phi) is 7.25. The summed E-state index contributed by atoms with van der Waals surface area (Å²) in [5, 5.41) is 3.77. The second-order valence-corrected chi connectivity index (χ2v) is 6.01. The van der Waals surface area contributed by atoms with Crippen LogP contribution in [0.5, 0.6) is 0 Å². The fourth-order valence-electron chi connectivity index (χ4n) is 3.40. The minimum absolute atomic E-state index is 0.361. The van der Waals surface area contributed by atoms with Crippen LogP contribution in [0.15, 0.2) is 0 Å². The molecule has 0 aromatic heterocycles. The Hall–Kier alpha value is -0.0800. The maximum Gasteiger partial charge on any atom is 0.0331 e. The molecule has 0 aromatic rings. The Morgan fingerprint density at radius 3 is 2.28 bits per heavy atom. The average Bonchev–Trinajstić information content (AvgIpc) is 2.91. The van der Waals surface area contributed by atoms with E-state index in [1.165, 1.54) is 58.0 Å². The number of likely N-dealkylation sites (tertiary alicyclic amines) is 1. The van der Waals surface area contributed by atoms with Gasteiger partial charge in [0.2, 0.25) is 0 Å². The Balaban J connectivity index is 2.64. The molecule has 0 radical (unpaired) electrons. The van der Waals surface area contributed by atoms with Gasteiger partial charge in [0.05, 0.1) is 0 Å². The van der Waals surface area contributed by atoms with Gasteiger partial charge in [0, 0.05) is 11.6 Å². The van der Waals surface area contributed by atoms with Crippen molar-refractivity contribution in [2.75, 3.05) is 19.6 Å². The van der Waals surface area contributed by atoms with Crippen LogP contribution in [0.1, 0.15) is 72.6 Å². The monoisotopic (exact) mass is 254 g/mol. The smallest absolute Gasteiger partial charge is 0.0331 e. The van der Waals surface area contributed by atoms with Gasteiger partial charge in [0.1, 0.15) is 0 Å². The van der Waals surface area contributed by atoms with Crippen molar-refractivity contribution in [2.45, 2.75) is 84.2 Å². The van der Waals surface area contributed by atoms with Crippen LogP contribution in [-0.2, 0) is 0 Å². The highest BCUT2D eigenvalue weighted by Gasteiger charge is 2.38. The molecule has 0 aliphatic carbocycles. The quantitative estimate of drug-likeness (QED) is 0.629. The molecular formula is C16H34N2. The summed E-state index contributed by atoms with van der Waals surface area (Å²) in [5.74, 6) is 0. The molecule has 1 aliphatic heterocycles. The predicted molar refractivity (Wildman–Crippen MR) is 81.1 cm³/mol. The lowest BCUT2D eigenvalue weighted by Crippen LogP contribution is -2.58. The zero-order chi connectivity index (χ0) is 13.4. The molecule has 0 amide bonds. The number of nitrogens with zero attached hydrogens (tertiary/aromatic N) is 1. The molecule has 1 rings (SSSR count). The Bertz CT molecular complexity index is 211. The van der Waals surface area contributed by atoms with Gasteiger partial charge in [0.25, 0.3) is 0 Å². The molecule has 18 heavy (non-hydrogen) atoms. The van der Waals surface area contributed by atoms with E-state index in [0.717, 1.165) is 6.54 Å². The predicted octanol–water partition coefficient (Wildman–Crippen LogP) is 3.81. The standard InChI is InChI=1S/C16H34N2/c1-5-8-9-12-15(17-7-3)16(4,6-2)18-13-10-11-14-18/h15,17H,5-14H2,1-4H3. The second kappa shape index (κ2) is 8.16. The first-order chi connectivity index (χ1) is 8.69. The molecule has 1 saturated heterocycles. The second-order valence-electron chi connectivity index (χ2n) is 6.01. The number of hydrogen-bond acceptors (Lipinski definition) is 2. The molecule has 1 fully saturated rings. The van der Waals surface area contributed by atoms with E-state index in [9.17, 15) is 0 Å². The van der Waals surface area contributed by atoms with Crippen molar-refractivity contribution >= 4 is 0 Å². The Morgan fingerprint density at radius 2 is 1.78 bits per heavy atom. The van der Waals surface area contributed by atoms with E-state index < -0.39 is 0 Å². The highest BCUT2D eigenvalue weighted by molar-refractivity contribution is 4.97. The fraction of sp³-hybridized carbons (Fsp3) is 1.00. The summed E-state index contributed by atoms with van der Waals surface area (Å²) in [6, 6.07) is 0.664. The van der Waals surface area contributed by atoms with Crippen molar-refractivity contribution in [1.29, 1.82) is 0 Å². The number of nitrogens with one attached hydrogen (secondary N) is 1.